The highest BCUT2D eigenvalue weighted by atomic mass is 16.3. The first-order valence-electron chi connectivity index (χ1n) is 10.4. The number of benzene rings is 3. The fourth-order valence-electron chi connectivity index (χ4n) is 4.51. The van der Waals surface area contributed by atoms with Crippen LogP contribution in [-0.4, -0.2) is 4.98 Å². The number of anilines is 4. The minimum absolute atomic E-state index is 0.667. The smallest absolute Gasteiger partial charge is 0.227 e. The van der Waals surface area contributed by atoms with E-state index in [2.05, 4.69) is 83.2 Å². The Balaban J connectivity index is 1.62. The lowest BCUT2D eigenvalue weighted by molar-refractivity contribution is 0.651. The van der Waals surface area contributed by atoms with E-state index < -0.39 is 0 Å². The molecule has 3 heterocycles. The first-order chi connectivity index (χ1) is 15.1. The first kappa shape index (κ1) is 18.0. The van der Waals surface area contributed by atoms with Gasteiger partial charge in [-0.25, -0.2) is 4.98 Å². The maximum absolute atomic E-state index is 6.35. The van der Waals surface area contributed by atoms with Gasteiger partial charge in [-0.2, -0.15) is 0 Å². The van der Waals surface area contributed by atoms with Crippen molar-refractivity contribution in [3.8, 4) is 0 Å². The summed E-state index contributed by atoms with van der Waals surface area (Å²) in [5, 5.41) is 2.09. The summed E-state index contributed by atoms with van der Waals surface area (Å²) in [5.41, 5.74) is 7.82. The molecule has 0 saturated carbocycles. The standard InChI is InChI=1S/C27H21N3O/c1-17-13-15-21-22-16-14-18(2)28-27(22)31-26(21)25(17)30-19(3)29(20-9-5-4-6-10-20)23-11-7-8-12-24(23)30/h4-16H,3H2,1-2H3. The summed E-state index contributed by atoms with van der Waals surface area (Å²) in [7, 11) is 0. The number of furan rings is 1. The molecule has 2 radical (unpaired) electrons. The average molecular weight is 403 g/mol. The minimum Gasteiger partial charge on any atom is -0.435 e. The lowest BCUT2D eigenvalue weighted by Gasteiger charge is -2.29. The molecule has 0 aliphatic carbocycles. The predicted octanol–water partition coefficient (Wildman–Crippen LogP) is 7.21. The molecule has 31 heavy (non-hydrogen) atoms. The van der Waals surface area contributed by atoms with E-state index in [0.717, 1.165) is 56.5 Å². The van der Waals surface area contributed by atoms with Crippen LogP contribution in [0.25, 0.3) is 22.1 Å². The number of hydrogen-bond acceptors (Lipinski definition) is 4. The van der Waals surface area contributed by atoms with E-state index in [1.165, 1.54) is 0 Å². The van der Waals surface area contributed by atoms with Crippen molar-refractivity contribution in [3.05, 3.63) is 103 Å². The van der Waals surface area contributed by atoms with Gasteiger partial charge in [-0.15, -0.1) is 0 Å². The maximum atomic E-state index is 6.35. The highest BCUT2D eigenvalue weighted by Gasteiger charge is 2.38. The molecule has 4 heteroatoms. The lowest BCUT2D eigenvalue weighted by atomic mass is 10.1. The average Bonchev–Trinajstić information content (AvgIpc) is 3.28. The zero-order chi connectivity index (χ0) is 21.1. The summed E-state index contributed by atoms with van der Waals surface area (Å²) in [4.78, 5) is 9.01. The van der Waals surface area contributed by atoms with Gasteiger partial charge < -0.3 is 14.2 Å². The number of fused-ring (bicyclic) bond motifs is 4. The van der Waals surface area contributed by atoms with Crippen LogP contribution in [0.15, 0.2) is 83.3 Å². The number of aromatic nitrogens is 1. The van der Waals surface area contributed by atoms with Gasteiger partial charge in [0.25, 0.3) is 0 Å². The van der Waals surface area contributed by atoms with E-state index in [1.807, 2.05) is 31.2 Å². The molecule has 0 bridgehead atoms. The van der Waals surface area contributed by atoms with Gasteiger partial charge in [-0.3, -0.25) is 0 Å². The van der Waals surface area contributed by atoms with Gasteiger partial charge in [-0.05, 0) is 62.7 Å². The van der Waals surface area contributed by atoms with Crippen molar-refractivity contribution in [2.45, 2.75) is 13.8 Å². The predicted molar refractivity (Wildman–Crippen MR) is 127 cm³/mol. The van der Waals surface area contributed by atoms with Crippen LogP contribution in [0.2, 0.25) is 0 Å². The molecule has 5 aromatic rings. The normalized spacial score (nSPS) is 14.0. The van der Waals surface area contributed by atoms with Gasteiger partial charge in [0.05, 0.1) is 17.1 Å². The monoisotopic (exact) mass is 403 g/mol. The third-order valence-electron chi connectivity index (χ3n) is 5.94. The van der Waals surface area contributed by atoms with E-state index in [0.29, 0.717) is 5.71 Å². The Hall–Kier alpha value is -3.79. The number of hydrogen-bond donors (Lipinski definition) is 0. The summed E-state index contributed by atoms with van der Waals surface area (Å²) in [6.07, 6.45) is 0.868. The van der Waals surface area contributed by atoms with Crippen molar-refractivity contribution in [3.63, 3.8) is 0 Å². The largest absolute Gasteiger partial charge is 0.435 e. The van der Waals surface area contributed by atoms with Crippen LogP contribution >= 0.6 is 0 Å². The number of nitrogens with zero attached hydrogens (tertiary/aromatic N) is 3. The molecule has 1 aliphatic heterocycles. The summed E-state index contributed by atoms with van der Waals surface area (Å²) >= 11 is 0. The van der Waals surface area contributed by atoms with E-state index in [1.54, 1.807) is 0 Å². The highest BCUT2D eigenvalue weighted by molar-refractivity contribution is 6.10. The van der Waals surface area contributed by atoms with Crippen LogP contribution in [0, 0.1) is 26.9 Å². The van der Waals surface area contributed by atoms with E-state index >= 15 is 0 Å². The summed E-state index contributed by atoms with van der Waals surface area (Å²) < 4.78 is 6.35. The molecular formula is C27H21N3O. The molecule has 0 fully saturated rings. The second-order valence-electron chi connectivity index (χ2n) is 7.93. The summed E-state index contributed by atoms with van der Waals surface area (Å²) in [6, 6.07) is 27.1. The van der Waals surface area contributed by atoms with Crippen molar-refractivity contribution in [1.82, 2.24) is 4.98 Å². The Morgan fingerprint density at radius 2 is 1.42 bits per heavy atom. The zero-order valence-electron chi connectivity index (χ0n) is 17.5. The van der Waals surface area contributed by atoms with Gasteiger partial charge in [-0.1, -0.05) is 42.5 Å². The highest BCUT2D eigenvalue weighted by Crippen LogP contribution is 2.53. The Kier molecular flexibility index (Phi) is 3.84. The Bertz CT molecular complexity index is 1440. The molecule has 150 valence electrons. The van der Waals surface area contributed by atoms with Crippen LogP contribution in [-0.2, 0) is 0 Å². The Morgan fingerprint density at radius 3 is 2.19 bits per heavy atom. The van der Waals surface area contributed by atoms with Crippen molar-refractivity contribution >= 4 is 44.8 Å². The fraction of sp³-hybridized carbons (Fsp3) is 0.0741. The fourth-order valence-corrected chi connectivity index (χ4v) is 4.51. The Morgan fingerprint density at radius 1 is 0.742 bits per heavy atom. The minimum atomic E-state index is 0.667. The molecule has 3 aromatic carbocycles. The van der Waals surface area contributed by atoms with E-state index in [9.17, 15) is 0 Å². The zero-order valence-corrected chi connectivity index (χ0v) is 17.5. The van der Waals surface area contributed by atoms with Crippen LogP contribution in [0.4, 0.5) is 22.7 Å². The van der Waals surface area contributed by atoms with Gasteiger partial charge in [0, 0.05) is 22.2 Å². The first-order valence-corrected chi connectivity index (χ1v) is 10.4. The molecule has 6 rings (SSSR count). The van der Waals surface area contributed by atoms with Crippen LogP contribution in [0.5, 0.6) is 0 Å². The maximum Gasteiger partial charge on any atom is 0.227 e. The van der Waals surface area contributed by atoms with E-state index in [4.69, 9.17) is 4.42 Å². The number of pyridine rings is 1. The molecule has 2 aromatic heterocycles. The van der Waals surface area contributed by atoms with Crippen molar-refractivity contribution in [2.24, 2.45) is 0 Å². The second kappa shape index (κ2) is 6.61. The molecular weight excluding hydrogens is 382 g/mol. The van der Waals surface area contributed by atoms with Crippen LogP contribution in [0.3, 0.4) is 0 Å². The lowest BCUT2D eigenvalue weighted by Crippen LogP contribution is -2.28. The molecule has 1 aliphatic rings. The Labute approximate surface area is 181 Å². The van der Waals surface area contributed by atoms with Crippen molar-refractivity contribution in [2.75, 3.05) is 9.80 Å². The van der Waals surface area contributed by atoms with Gasteiger partial charge in [0.1, 0.15) is 0 Å². The molecule has 0 spiro atoms. The molecule has 0 saturated heterocycles. The third-order valence-corrected chi connectivity index (χ3v) is 5.94. The van der Waals surface area contributed by atoms with Crippen LogP contribution < -0.4 is 9.80 Å². The number of para-hydroxylation sites is 3. The summed E-state index contributed by atoms with van der Waals surface area (Å²) in [5.74, 6) is 0. The number of aryl methyl sites for hydroxylation is 2. The molecule has 4 nitrogen and oxygen atoms in total. The molecule has 0 atom stereocenters. The molecule has 0 unspecified atom stereocenters. The second-order valence-corrected chi connectivity index (χ2v) is 7.93. The topological polar surface area (TPSA) is 32.5 Å². The van der Waals surface area contributed by atoms with Gasteiger partial charge >= 0.3 is 0 Å². The number of rotatable bonds is 2. The van der Waals surface area contributed by atoms with Crippen molar-refractivity contribution < 1.29 is 4.42 Å². The summed E-state index contributed by atoms with van der Waals surface area (Å²) in [6.45, 7) is 8.59. The molecule has 0 amide bonds. The van der Waals surface area contributed by atoms with Gasteiger partial charge in [0.2, 0.25) is 5.71 Å². The van der Waals surface area contributed by atoms with E-state index in [-0.39, 0.29) is 0 Å². The van der Waals surface area contributed by atoms with Crippen LogP contribution in [0.1, 0.15) is 11.3 Å². The molecule has 0 N–H and O–H groups in total. The third kappa shape index (κ3) is 2.58. The van der Waals surface area contributed by atoms with Gasteiger partial charge in [0.15, 0.2) is 11.7 Å². The van der Waals surface area contributed by atoms with Crippen molar-refractivity contribution in [1.29, 1.82) is 0 Å². The quantitative estimate of drug-likeness (QED) is 0.312. The SMILES string of the molecule is [CH2][C]1N(c2ccccc2)c2ccccc2N1c1c(C)ccc2c1oc1nc(C)ccc12.